The lowest BCUT2D eigenvalue weighted by atomic mass is 9.95. The number of hydrogen-bond donors (Lipinski definition) is 1. The quantitative estimate of drug-likeness (QED) is 0.452. The molecule has 23 heavy (non-hydrogen) atoms. The molecule has 0 spiro atoms. The summed E-state index contributed by atoms with van der Waals surface area (Å²) in [7, 11) is -3.91. The lowest BCUT2D eigenvalue weighted by Crippen LogP contribution is -2.57. The zero-order valence-corrected chi connectivity index (χ0v) is 12.9. The third-order valence-corrected chi connectivity index (χ3v) is 7.11. The average molecular weight is 338 g/mol. The Morgan fingerprint density at radius 2 is 2.22 bits per heavy atom. The van der Waals surface area contributed by atoms with Crippen molar-refractivity contribution in [2.24, 2.45) is 0 Å². The van der Waals surface area contributed by atoms with Gasteiger partial charge >= 0.3 is 5.97 Å². The maximum absolute atomic E-state index is 12.6. The molecule has 0 aliphatic carbocycles. The topological polar surface area (TPSA) is 119 Å². The molecule has 0 bridgehead atoms. The first kappa shape index (κ1) is 15.5. The molecule has 2 saturated heterocycles. The van der Waals surface area contributed by atoms with Crippen molar-refractivity contribution in [1.29, 1.82) is 0 Å². The standard InChI is InChI=1S/C14H14N2O6S/c1-14(6-5-9-4-2-3-7-15(9)20)12(13(18)19)16-10(17)8-11(16)23(14,21)22/h2-7,11-12H,8H2,1H3,(H,18,19)/t11-,12+,14?/m1/s1. The summed E-state index contributed by atoms with van der Waals surface area (Å²) < 4.78 is 24.0. The van der Waals surface area contributed by atoms with E-state index in [-0.39, 0.29) is 12.1 Å². The second kappa shape index (κ2) is 4.79. The van der Waals surface area contributed by atoms with Gasteiger partial charge in [-0.3, -0.25) is 4.79 Å². The molecule has 0 aromatic carbocycles. The molecule has 9 heteroatoms. The van der Waals surface area contributed by atoms with Crippen LogP contribution in [0.1, 0.15) is 19.0 Å². The number of fused-ring (bicyclic) bond motifs is 1. The molecule has 1 aromatic heterocycles. The highest BCUT2D eigenvalue weighted by Crippen LogP contribution is 2.46. The van der Waals surface area contributed by atoms with E-state index in [1.807, 2.05) is 0 Å². The van der Waals surface area contributed by atoms with Gasteiger partial charge in [-0.15, -0.1) is 0 Å². The van der Waals surface area contributed by atoms with E-state index in [2.05, 4.69) is 0 Å². The van der Waals surface area contributed by atoms with Crippen LogP contribution < -0.4 is 4.73 Å². The fourth-order valence-electron chi connectivity index (χ4n) is 3.07. The van der Waals surface area contributed by atoms with Gasteiger partial charge in [0.15, 0.2) is 22.1 Å². The van der Waals surface area contributed by atoms with Gasteiger partial charge < -0.3 is 15.2 Å². The lowest BCUT2D eigenvalue weighted by molar-refractivity contribution is -0.607. The molecule has 2 aliphatic heterocycles. The number of carbonyl (C=O) groups is 2. The van der Waals surface area contributed by atoms with Gasteiger partial charge in [-0.25, -0.2) is 13.2 Å². The highest BCUT2D eigenvalue weighted by atomic mass is 32.2. The van der Waals surface area contributed by atoms with E-state index in [9.17, 15) is 28.3 Å². The van der Waals surface area contributed by atoms with Gasteiger partial charge in [-0.2, -0.15) is 4.73 Å². The maximum atomic E-state index is 12.6. The van der Waals surface area contributed by atoms with Crippen LogP contribution in [-0.4, -0.2) is 46.5 Å². The summed E-state index contributed by atoms with van der Waals surface area (Å²) in [5.74, 6) is -1.89. The number of carbonyl (C=O) groups excluding carboxylic acids is 1. The molecule has 2 fully saturated rings. The van der Waals surface area contributed by atoms with E-state index in [1.165, 1.54) is 37.4 Å². The molecule has 1 aromatic rings. The molecule has 0 saturated carbocycles. The number of nitrogens with zero attached hydrogens (tertiary/aromatic N) is 2. The summed E-state index contributed by atoms with van der Waals surface area (Å²) in [5.41, 5.74) is 0.175. The van der Waals surface area contributed by atoms with Gasteiger partial charge in [0.2, 0.25) is 11.6 Å². The number of β-lactam (4-membered cyclic amide) rings is 1. The molecule has 122 valence electrons. The highest BCUT2D eigenvalue weighted by Gasteiger charge is 2.69. The first-order valence-corrected chi connectivity index (χ1v) is 8.39. The van der Waals surface area contributed by atoms with E-state index in [1.54, 1.807) is 6.07 Å². The van der Waals surface area contributed by atoms with Crippen LogP contribution in [-0.2, 0) is 19.4 Å². The largest absolute Gasteiger partial charge is 0.618 e. The van der Waals surface area contributed by atoms with Gasteiger partial charge in [-0.1, -0.05) is 6.08 Å². The predicted octanol–water partition coefficient (Wildman–Crippen LogP) is -0.468. The van der Waals surface area contributed by atoms with Crippen LogP contribution in [0.25, 0.3) is 6.08 Å². The van der Waals surface area contributed by atoms with Crippen molar-refractivity contribution in [3.63, 3.8) is 0 Å². The second-order valence-corrected chi connectivity index (χ2v) is 8.23. The Morgan fingerprint density at radius 1 is 1.52 bits per heavy atom. The zero-order chi connectivity index (χ0) is 17.0. The number of pyridine rings is 1. The summed E-state index contributed by atoms with van der Waals surface area (Å²) in [6, 6.07) is 3.09. The van der Waals surface area contributed by atoms with Gasteiger partial charge in [0.25, 0.3) is 0 Å². The normalized spacial score (nSPS) is 31.9. The number of carboxylic acids is 1. The number of carboxylic acid groups (broad SMARTS) is 1. The number of rotatable bonds is 3. The summed E-state index contributed by atoms with van der Waals surface area (Å²) >= 11 is 0. The fourth-order valence-corrected chi connectivity index (χ4v) is 5.34. The van der Waals surface area contributed by atoms with Crippen LogP contribution in [0.4, 0.5) is 0 Å². The summed E-state index contributed by atoms with van der Waals surface area (Å²) in [6.07, 6.45) is 3.51. The average Bonchev–Trinajstić information content (AvgIpc) is 2.61. The Balaban J connectivity index is 2.09. The Bertz CT molecular complexity index is 833. The molecule has 8 nitrogen and oxygen atoms in total. The molecule has 0 radical (unpaired) electrons. The van der Waals surface area contributed by atoms with Crippen LogP contribution in [0.2, 0.25) is 0 Å². The minimum Gasteiger partial charge on any atom is -0.618 e. The third kappa shape index (κ3) is 1.96. The Hall–Kier alpha value is -2.42. The van der Waals surface area contributed by atoms with Crippen molar-refractivity contribution in [3.8, 4) is 0 Å². The first-order valence-electron chi connectivity index (χ1n) is 6.85. The number of sulfone groups is 1. The van der Waals surface area contributed by atoms with Crippen molar-refractivity contribution in [3.05, 3.63) is 41.4 Å². The van der Waals surface area contributed by atoms with E-state index in [4.69, 9.17) is 0 Å². The molecule has 1 unspecified atom stereocenters. The van der Waals surface area contributed by atoms with Crippen LogP contribution in [0.5, 0.6) is 0 Å². The monoisotopic (exact) mass is 338 g/mol. The van der Waals surface area contributed by atoms with Crippen LogP contribution >= 0.6 is 0 Å². The zero-order valence-electron chi connectivity index (χ0n) is 12.1. The molecule has 3 atom stereocenters. The second-order valence-electron chi connectivity index (χ2n) is 5.71. The van der Waals surface area contributed by atoms with Gasteiger partial charge in [0, 0.05) is 18.2 Å². The predicted molar refractivity (Wildman–Crippen MR) is 78.4 cm³/mol. The van der Waals surface area contributed by atoms with Gasteiger partial charge in [-0.05, 0) is 13.0 Å². The number of aromatic nitrogens is 1. The molecule has 3 rings (SSSR count). The maximum Gasteiger partial charge on any atom is 0.328 e. The summed E-state index contributed by atoms with van der Waals surface area (Å²) in [5, 5.41) is 19.9. The Labute approximate surface area is 132 Å². The number of hydrogen-bond acceptors (Lipinski definition) is 5. The van der Waals surface area contributed by atoms with Crippen molar-refractivity contribution in [1.82, 2.24) is 4.90 Å². The van der Waals surface area contributed by atoms with Crippen molar-refractivity contribution >= 4 is 27.8 Å². The smallest absolute Gasteiger partial charge is 0.328 e. The molecule has 1 N–H and O–H groups in total. The van der Waals surface area contributed by atoms with Crippen LogP contribution in [0.15, 0.2) is 30.5 Å². The molecular formula is C14H14N2O6S. The number of aliphatic carboxylic acids is 1. The molecule has 1 amide bonds. The summed E-state index contributed by atoms with van der Waals surface area (Å²) in [6.45, 7) is 1.27. The lowest BCUT2D eigenvalue weighted by Gasteiger charge is -2.35. The molecule has 2 aliphatic rings. The van der Waals surface area contributed by atoms with E-state index < -0.39 is 37.9 Å². The first-order chi connectivity index (χ1) is 10.7. The minimum atomic E-state index is -3.91. The van der Waals surface area contributed by atoms with Crippen molar-refractivity contribution in [2.45, 2.75) is 29.5 Å². The molecular weight excluding hydrogens is 324 g/mol. The van der Waals surface area contributed by atoms with Crippen molar-refractivity contribution < 1.29 is 27.8 Å². The van der Waals surface area contributed by atoms with Crippen LogP contribution in [0, 0.1) is 5.21 Å². The minimum absolute atomic E-state index is 0.175. The van der Waals surface area contributed by atoms with E-state index in [0.29, 0.717) is 4.73 Å². The van der Waals surface area contributed by atoms with Gasteiger partial charge in [0.1, 0.15) is 10.1 Å². The highest BCUT2D eigenvalue weighted by molar-refractivity contribution is 7.94. The fraction of sp³-hybridized carbons (Fsp3) is 0.357. The van der Waals surface area contributed by atoms with E-state index >= 15 is 0 Å². The summed E-state index contributed by atoms with van der Waals surface area (Å²) in [4.78, 5) is 24.1. The van der Waals surface area contributed by atoms with Crippen molar-refractivity contribution in [2.75, 3.05) is 0 Å². The Morgan fingerprint density at radius 3 is 2.78 bits per heavy atom. The molecule has 3 heterocycles. The number of amides is 1. The SMILES string of the molecule is CC1(C=Cc2cccc[n+]2[O-])[C@H](C(=O)O)N2C(=O)C[C@H]2S1(=O)=O. The van der Waals surface area contributed by atoms with Gasteiger partial charge in [0.05, 0.1) is 6.42 Å². The van der Waals surface area contributed by atoms with Crippen LogP contribution in [0.3, 0.4) is 0 Å². The Kier molecular flexibility index (Phi) is 3.22. The van der Waals surface area contributed by atoms with E-state index in [0.717, 1.165) is 4.90 Å². The third-order valence-electron chi connectivity index (χ3n) is 4.41.